The van der Waals surface area contributed by atoms with Crippen LogP contribution in [-0.2, 0) is 9.59 Å². The third-order valence-corrected chi connectivity index (χ3v) is 8.49. The molecule has 2 fully saturated rings. The zero-order chi connectivity index (χ0) is 26.3. The summed E-state index contributed by atoms with van der Waals surface area (Å²) in [5, 5.41) is 2.44. The summed E-state index contributed by atoms with van der Waals surface area (Å²) in [6.45, 7) is 0. The number of nitrogens with one attached hydrogen (secondary N) is 2. The molecule has 2 aliphatic rings. The van der Waals surface area contributed by atoms with Crippen LogP contribution in [0.25, 0.3) is 0 Å². The summed E-state index contributed by atoms with van der Waals surface area (Å²) < 4.78 is -0.0635. The molecule has 4 amide bonds. The number of benzene rings is 2. The van der Waals surface area contributed by atoms with Gasteiger partial charge in [-0.2, -0.15) is 10.0 Å². The Morgan fingerprint density at radius 1 is 0.694 bits per heavy atom. The highest BCUT2D eigenvalue weighted by atomic mass is 35.5. The molecule has 8 nitrogen and oxygen atoms in total. The molecule has 0 radical (unpaired) electrons. The number of rotatable bonds is 4. The van der Waals surface area contributed by atoms with Crippen LogP contribution in [0, 0.1) is 0 Å². The Bertz CT molecular complexity index is 1330. The number of amides is 4. The summed E-state index contributed by atoms with van der Waals surface area (Å²) in [6.07, 6.45) is 0. The molecule has 0 atom stereocenters. The summed E-state index contributed by atoms with van der Waals surface area (Å²) in [4.78, 5) is 51.2. The van der Waals surface area contributed by atoms with Crippen molar-refractivity contribution in [2.45, 2.75) is 0 Å². The molecule has 0 bridgehead atoms. The van der Waals surface area contributed by atoms with Gasteiger partial charge in [-0.3, -0.25) is 30.0 Å². The Hall–Kier alpha value is -1.90. The number of hydrazine groups is 2. The van der Waals surface area contributed by atoms with Gasteiger partial charge in [-0.05, 0) is 60.8 Å². The molecule has 2 saturated heterocycles. The standard InChI is InChI=1S/C20H8Cl4N4O4S4/c21-7-1-3-9(11(23)5-7)15(29)25-27-17(31)13(35-19(27)33)14-18(32)28(20(34)36-14)26-16(30)10-4-2-8(22)6-12(10)24/h1-6H,(H,25,29)(H,26,30)/b14-13+. The van der Waals surface area contributed by atoms with E-state index in [4.69, 9.17) is 70.8 Å². The van der Waals surface area contributed by atoms with E-state index in [0.717, 1.165) is 33.5 Å². The Kier molecular flexibility index (Phi) is 8.17. The first kappa shape index (κ1) is 27.1. The minimum Gasteiger partial charge on any atom is -0.267 e. The van der Waals surface area contributed by atoms with Gasteiger partial charge in [-0.25, -0.2) is 0 Å². The van der Waals surface area contributed by atoms with Crippen LogP contribution in [-0.4, -0.2) is 42.3 Å². The van der Waals surface area contributed by atoms with E-state index < -0.39 is 23.6 Å². The maximum absolute atomic E-state index is 13.0. The van der Waals surface area contributed by atoms with Gasteiger partial charge in [0.25, 0.3) is 23.6 Å². The van der Waals surface area contributed by atoms with E-state index in [1.807, 2.05) is 0 Å². The fraction of sp³-hybridized carbons (Fsp3) is 0. The number of hydrogen-bond acceptors (Lipinski definition) is 8. The van der Waals surface area contributed by atoms with E-state index in [1.54, 1.807) is 0 Å². The molecule has 184 valence electrons. The Morgan fingerprint density at radius 3 is 1.39 bits per heavy atom. The molecule has 2 N–H and O–H groups in total. The van der Waals surface area contributed by atoms with E-state index in [1.165, 1.54) is 36.4 Å². The Morgan fingerprint density at radius 2 is 1.06 bits per heavy atom. The van der Waals surface area contributed by atoms with Crippen LogP contribution in [0.3, 0.4) is 0 Å². The van der Waals surface area contributed by atoms with Crippen LogP contribution in [0.1, 0.15) is 20.7 Å². The molecule has 2 heterocycles. The van der Waals surface area contributed by atoms with Crippen molar-refractivity contribution in [3.8, 4) is 0 Å². The number of hydrogen-bond donors (Lipinski definition) is 2. The first-order chi connectivity index (χ1) is 17.0. The van der Waals surface area contributed by atoms with Crippen molar-refractivity contribution in [3.63, 3.8) is 0 Å². The quantitative estimate of drug-likeness (QED) is 0.348. The molecule has 2 aliphatic heterocycles. The SMILES string of the molecule is O=C(NN1C(=O)/C(=C2\SC(=S)N(NC(=O)c3ccc(Cl)cc3Cl)C2=O)SC1=S)c1ccc(Cl)cc1Cl. The van der Waals surface area contributed by atoms with Crippen LogP contribution >= 0.6 is 94.4 Å². The van der Waals surface area contributed by atoms with Crippen molar-refractivity contribution in [2.24, 2.45) is 0 Å². The van der Waals surface area contributed by atoms with E-state index in [-0.39, 0.29) is 39.6 Å². The van der Waals surface area contributed by atoms with Crippen LogP contribution in [0.15, 0.2) is 46.2 Å². The summed E-state index contributed by atoms with van der Waals surface area (Å²) in [6, 6.07) is 8.45. The predicted molar refractivity (Wildman–Crippen MR) is 149 cm³/mol. The smallest absolute Gasteiger partial charge is 0.267 e. The summed E-state index contributed by atoms with van der Waals surface area (Å²) in [7, 11) is 0. The van der Waals surface area contributed by atoms with Crippen molar-refractivity contribution in [1.82, 2.24) is 20.9 Å². The first-order valence-corrected chi connectivity index (χ1v) is 13.3. The molecule has 2 aromatic carbocycles. The highest BCUT2D eigenvalue weighted by molar-refractivity contribution is 8.29. The summed E-state index contributed by atoms with van der Waals surface area (Å²) in [5.74, 6) is -2.94. The molecule has 2 aromatic rings. The lowest BCUT2D eigenvalue weighted by molar-refractivity contribution is -0.126. The van der Waals surface area contributed by atoms with Crippen LogP contribution in [0.4, 0.5) is 0 Å². The van der Waals surface area contributed by atoms with Crippen molar-refractivity contribution >= 4 is 127 Å². The number of thiocarbonyl (C=S) groups is 2. The van der Waals surface area contributed by atoms with Gasteiger partial charge in [0.15, 0.2) is 8.64 Å². The van der Waals surface area contributed by atoms with Gasteiger partial charge in [0.05, 0.1) is 21.2 Å². The summed E-state index contributed by atoms with van der Waals surface area (Å²) in [5.41, 5.74) is 4.86. The van der Waals surface area contributed by atoms with Crippen LogP contribution in [0.5, 0.6) is 0 Å². The number of nitrogens with zero attached hydrogens (tertiary/aromatic N) is 2. The average Bonchev–Trinajstić information content (AvgIpc) is 3.23. The van der Waals surface area contributed by atoms with Crippen LogP contribution in [0.2, 0.25) is 20.1 Å². The zero-order valence-electron chi connectivity index (χ0n) is 17.1. The average molecular weight is 638 g/mol. The fourth-order valence-electron chi connectivity index (χ4n) is 2.87. The van der Waals surface area contributed by atoms with E-state index >= 15 is 0 Å². The lowest BCUT2D eigenvalue weighted by atomic mass is 10.2. The lowest BCUT2D eigenvalue weighted by Gasteiger charge is -2.16. The lowest BCUT2D eigenvalue weighted by Crippen LogP contribution is -2.45. The normalized spacial score (nSPS) is 17.8. The molecule has 0 spiro atoms. The van der Waals surface area contributed by atoms with Gasteiger partial charge in [0.1, 0.15) is 9.81 Å². The Labute approximate surface area is 242 Å². The van der Waals surface area contributed by atoms with Crippen molar-refractivity contribution < 1.29 is 19.2 Å². The molecule has 36 heavy (non-hydrogen) atoms. The molecule has 16 heteroatoms. The van der Waals surface area contributed by atoms with Crippen molar-refractivity contribution in [3.05, 3.63) is 77.4 Å². The highest BCUT2D eigenvalue weighted by Crippen LogP contribution is 2.41. The maximum Gasteiger partial charge on any atom is 0.286 e. The largest absolute Gasteiger partial charge is 0.286 e. The Balaban J connectivity index is 1.53. The van der Waals surface area contributed by atoms with Gasteiger partial charge >= 0.3 is 0 Å². The zero-order valence-corrected chi connectivity index (χ0v) is 23.4. The molecule has 4 rings (SSSR count). The van der Waals surface area contributed by atoms with Gasteiger partial charge < -0.3 is 0 Å². The first-order valence-electron chi connectivity index (χ1n) is 9.36. The predicted octanol–water partition coefficient (Wildman–Crippen LogP) is 5.22. The van der Waals surface area contributed by atoms with Crippen molar-refractivity contribution in [1.29, 1.82) is 0 Å². The second-order valence-corrected chi connectivity index (χ2v) is 11.8. The minimum absolute atomic E-state index is 0.0318. The number of halogens is 4. The van der Waals surface area contributed by atoms with Crippen molar-refractivity contribution in [2.75, 3.05) is 0 Å². The topological polar surface area (TPSA) is 98.8 Å². The fourth-order valence-corrected chi connectivity index (χ4v) is 6.37. The van der Waals surface area contributed by atoms with Gasteiger partial charge in [-0.15, -0.1) is 0 Å². The minimum atomic E-state index is -0.754. The molecular formula is C20H8Cl4N4O4S4. The number of thioether (sulfide) groups is 2. The molecule has 0 unspecified atom stereocenters. The number of carbonyl (C=O) groups is 4. The third kappa shape index (κ3) is 5.36. The monoisotopic (exact) mass is 636 g/mol. The molecule has 0 aromatic heterocycles. The van der Waals surface area contributed by atoms with Gasteiger partial charge in [0, 0.05) is 10.0 Å². The number of carbonyl (C=O) groups excluding carboxylic acids is 4. The maximum atomic E-state index is 13.0. The van der Waals surface area contributed by atoms with E-state index in [2.05, 4.69) is 10.9 Å². The second kappa shape index (κ2) is 10.8. The highest BCUT2D eigenvalue weighted by Gasteiger charge is 2.43. The van der Waals surface area contributed by atoms with Gasteiger partial charge in [0.2, 0.25) is 0 Å². The second-order valence-electron chi connectivity index (χ2n) is 6.81. The molecular weight excluding hydrogens is 630 g/mol. The van der Waals surface area contributed by atoms with E-state index in [9.17, 15) is 19.2 Å². The molecule has 0 saturated carbocycles. The van der Waals surface area contributed by atoms with Crippen LogP contribution < -0.4 is 10.9 Å². The third-order valence-electron chi connectivity index (χ3n) is 4.52. The summed E-state index contributed by atoms with van der Waals surface area (Å²) >= 11 is 35.8. The molecule has 0 aliphatic carbocycles. The van der Waals surface area contributed by atoms with Gasteiger partial charge in [-0.1, -0.05) is 69.9 Å². The van der Waals surface area contributed by atoms with E-state index in [0.29, 0.717) is 10.0 Å².